The highest BCUT2D eigenvalue weighted by Crippen LogP contribution is 2.44. The van der Waals surface area contributed by atoms with Crippen molar-refractivity contribution in [1.29, 1.82) is 0 Å². The Morgan fingerprint density at radius 3 is 2.95 bits per heavy atom. The smallest absolute Gasteiger partial charge is 0.218 e. The van der Waals surface area contributed by atoms with Gasteiger partial charge in [-0.3, -0.25) is 0 Å². The van der Waals surface area contributed by atoms with Crippen LogP contribution in [0.15, 0.2) is 22.7 Å². The van der Waals surface area contributed by atoms with Crippen molar-refractivity contribution in [3.05, 3.63) is 39.5 Å². The highest BCUT2D eigenvalue weighted by molar-refractivity contribution is 9.10. The number of hydrogen-bond donors (Lipinski definition) is 1. The number of methoxy groups -OCH3 is 1. The van der Waals surface area contributed by atoms with Gasteiger partial charge in [0.15, 0.2) is 0 Å². The molecule has 5 nitrogen and oxygen atoms in total. The molecule has 0 bridgehead atoms. The van der Waals surface area contributed by atoms with Crippen molar-refractivity contribution in [3.8, 4) is 11.6 Å². The molecule has 2 aromatic rings. The normalized spacial score (nSPS) is 20.8. The summed E-state index contributed by atoms with van der Waals surface area (Å²) >= 11 is 3.43. The number of ether oxygens (including phenoxy) is 2. The molecule has 0 spiro atoms. The zero-order valence-electron chi connectivity index (χ0n) is 12.1. The molecule has 2 atom stereocenters. The number of aliphatic hydroxyl groups is 1. The first-order valence-electron chi connectivity index (χ1n) is 6.73. The van der Waals surface area contributed by atoms with Gasteiger partial charge in [0.05, 0.1) is 24.5 Å². The van der Waals surface area contributed by atoms with E-state index in [2.05, 4.69) is 21.0 Å². The Hall–Kier alpha value is -1.53. The third-order valence-corrected chi connectivity index (χ3v) is 4.26. The molecule has 1 aromatic carbocycles. The van der Waals surface area contributed by atoms with E-state index in [1.165, 1.54) is 0 Å². The number of rotatable bonds is 2. The van der Waals surface area contributed by atoms with Crippen molar-refractivity contribution in [2.45, 2.75) is 25.6 Å². The Bertz CT molecular complexity index is 684. The number of aromatic nitrogens is 2. The molecule has 0 saturated carbocycles. The van der Waals surface area contributed by atoms with Gasteiger partial charge in [0.25, 0.3) is 0 Å². The molecule has 0 saturated heterocycles. The molecule has 1 aliphatic rings. The standard InChI is InChI=1S/C15H17BrN2O3/c1-8-14(15(20-3)18(2)17-8)13-7-11(19)10-5-4-9(16)6-12(10)21-13/h4-6,11,13,19H,7H2,1-3H3/t11-,13?/m1/s1. The molecule has 1 N–H and O–H groups in total. The molecule has 0 radical (unpaired) electrons. The number of fused-ring (bicyclic) bond motifs is 1. The Kier molecular flexibility index (Phi) is 3.67. The van der Waals surface area contributed by atoms with E-state index in [1.54, 1.807) is 11.8 Å². The average Bonchev–Trinajstić information content (AvgIpc) is 2.71. The summed E-state index contributed by atoms with van der Waals surface area (Å²) in [5, 5.41) is 14.8. The van der Waals surface area contributed by atoms with Gasteiger partial charge in [-0.1, -0.05) is 22.0 Å². The highest BCUT2D eigenvalue weighted by atomic mass is 79.9. The molecule has 0 amide bonds. The van der Waals surface area contributed by atoms with E-state index in [9.17, 15) is 5.11 Å². The van der Waals surface area contributed by atoms with Crippen LogP contribution in [-0.4, -0.2) is 22.0 Å². The number of benzene rings is 1. The number of halogens is 1. The first kappa shape index (κ1) is 14.4. The van der Waals surface area contributed by atoms with Crippen molar-refractivity contribution in [2.24, 2.45) is 7.05 Å². The predicted molar refractivity (Wildman–Crippen MR) is 81.6 cm³/mol. The van der Waals surface area contributed by atoms with Gasteiger partial charge in [-0.05, 0) is 19.1 Å². The molecule has 1 aromatic heterocycles. The van der Waals surface area contributed by atoms with Gasteiger partial charge in [0, 0.05) is 23.5 Å². The lowest BCUT2D eigenvalue weighted by atomic mass is 9.95. The molecule has 0 aliphatic carbocycles. The van der Waals surface area contributed by atoms with Gasteiger partial charge >= 0.3 is 0 Å². The van der Waals surface area contributed by atoms with E-state index in [-0.39, 0.29) is 6.10 Å². The largest absolute Gasteiger partial charge is 0.485 e. The fourth-order valence-corrected chi connectivity index (χ4v) is 3.20. The molecule has 21 heavy (non-hydrogen) atoms. The minimum atomic E-state index is -0.559. The molecule has 2 heterocycles. The molecular formula is C15H17BrN2O3. The lowest BCUT2D eigenvalue weighted by Gasteiger charge is -2.30. The van der Waals surface area contributed by atoms with Crippen molar-refractivity contribution in [2.75, 3.05) is 7.11 Å². The highest BCUT2D eigenvalue weighted by Gasteiger charge is 2.33. The first-order chi connectivity index (χ1) is 10.0. The van der Waals surface area contributed by atoms with Crippen molar-refractivity contribution < 1.29 is 14.6 Å². The number of nitrogens with zero attached hydrogens (tertiary/aromatic N) is 2. The first-order valence-corrected chi connectivity index (χ1v) is 7.52. The molecule has 0 fully saturated rings. The van der Waals surface area contributed by atoms with Crippen molar-refractivity contribution in [3.63, 3.8) is 0 Å². The molecule has 1 unspecified atom stereocenters. The maximum absolute atomic E-state index is 10.4. The maximum atomic E-state index is 10.4. The van der Waals surface area contributed by atoms with Gasteiger partial charge in [-0.25, -0.2) is 4.68 Å². The molecule has 112 valence electrons. The molecule has 1 aliphatic heterocycles. The quantitative estimate of drug-likeness (QED) is 0.902. The van der Waals surface area contributed by atoms with Crippen LogP contribution < -0.4 is 9.47 Å². The summed E-state index contributed by atoms with van der Waals surface area (Å²) in [7, 11) is 3.45. The number of aliphatic hydroxyl groups excluding tert-OH is 1. The topological polar surface area (TPSA) is 56.5 Å². The second-order valence-corrected chi connectivity index (χ2v) is 6.09. The summed E-state index contributed by atoms with van der Waals surface area (Å²) in [6.07, 6.45) is -0.348. The summed E-state index contributed by atoms with van der Waals surface area (Å²) in [6, 6.07) is 5.66. The Labute approximate surface area is 131 Å². The molecule has 3 rings (SSSR count). The fourth-order valence-electron chi connectivity index (χ4n) is 2.86. The van der Waals surface area contributed by atoms with Gasteiger partial charge in [0.1, 0.15) is 11.9 Å². The maximum Gasteiger partial charge on any atom is 0.218 e. The number of hydrogen-bond acceptors (Lipinski definition) is 4. The summed E-state index contributed by atoms with van der Waals surface area (Å²) in [4.78, 5) is 0. The third kappa shape index (κ3) is 2.42. The molecular weight excluding hydrogens is 336 g/mol. The SMILES string of the molecule is COc1c(C2C[C@@H](O)c3ccc(Br)cc3O2)c(C)nn1C. The predicted octanol–water partition coefficient (Wildman–Crippen LogP) is 3.06. The summed E-state index contributed by atoms with van der Waals surface area (Å²) < 4.78 is 14.1. The summed E-state index contributed by atoms with van der Waals surface area (Å²) in [6.45, 7) is 1.92. The van der Waals surface area contributed by atoms with Gasteiger partial charge < -0.3 is 14.6 Å². The van der Waals surface area contributed by atoms with Crippen molar-refractivity contribution >= 4 is 15.9 Å². The Morgan fingerprint density at radius 1 is 1.48 bits per heavy atom. The van der Waals surface area contributed by atoms with Crippen LogP contribution in [0.3, 0.4) is 0 Å². The minimum Gasteiger partial charge on any atom is -0.485 e. The van der Waals surface area contributed by atoms with Gasteiger partial charge in [-0.2, -0.15) is 5.10 Å². The van der Waals surface area contributed by atoms with Crippen LogP contribution >= 0.6 is 15.9 Å². The van der Waals surface area contributed by atoms with Crippen LogP contribution in [0.1, 0.15) is 35.4 Å². The summed E-state index contributed by atoms with van der Waals surface area (Å²) in [5.74, 6) is 1.36. The van der Waals surface area contributed by atoms with Crippen LogP contribution in [0, 0.1) is 6.92 Å². The average molecular weight is 353 g/mol. The second-order valence-electron chi connectivity index (χ2n) is 5.17. The lowest BCUT2D eigenvalue weighted by molar-refractivity contribution is 0.0640. The lowest BCUT2D eigenvalue weighted by Crippen LogP contribution is -2.20. The monoisotopic (exact) mass is 352 g/mol. The minimum absolute atomic E-state index is 0.273. The van der Waals surface area contributed by atoms with Crippen LogP contribution in [0.5, 0.6) is 11.6 Å². The Morgan fingerprint density at radius 2 is 2.24 bits per heavy atom. The van der Waals surface area contributed by atoms with Crippen LogP contribution in [0.25, 0.3) is 0 Å². The molecule has 6 heteroatoms. The zero-order valence-corrected chi connectivity index (χ0v) is 13.7. The van der Waals surface area contributed by atoms with E-state index in [4.69, 9.17) is 9.47 Å². The Balaban J connectivity index is 2.03. The summed E-state index contributed by atoms with van der Waals surface area (Å²) in [5.41, 5.74) is 2.56. The van der Waals surface area contributed by atoms with Crippen LogP contribution in [-0.2, 0) is 7.05 Å². The van der Waals surface area contributed by atoms with Crippen LogP contribution in [0.2, 0.25) is 0 Å². The van der Waals surface area contributed by atoms with E-state index < -0.39 is 6.10 Å². The van der Waals surface area contributed by atoms with E-state index in [0.29, 0.717) is 18.1 Å². The van der Waals surface area contributed by atoms with E-state index in [0.717, 1.165) is 21.3 Å². The van der Waals surface area contributed by atoms with Crippen molar-refractivity contribution in [1.82, 2.24) is 9.78 Å². The van der Waals surface area contributed by atoms with Crippen LogP contribution in [0.4, 0.5) is 0 Å². The van der Waals surface area contributed by atoms with Gasteiger partial charge in [-0.15, -0.1) is 0 Å². The van der Waals surface area contributed by atoms with E-state index in [1.807, 2.05) is 32.2 Å². The number of aryl methyl sites for hydroxylation is 2. The second kappa shape index (κ2) is 5.35. The van der Waals surface area contributed by atoms with E-state index >= 15 is 0 Å². The fraction of sp³-hybridized carbons (Fsp3) is 0.400. The third-order valence-electron chi connectivity index (χ3n) is 3.77. The van der Waals surface area contributed by atoms with Gasteiger partial charge in [0.2, 0.25) is 5.88 Å². The zero-order chi connectivity index (χ0) is 15.1.